The number of likely N-dealkylation sites (N-methyl/N-ethyl adjacent to an activating group) is 1. The number of aromatic carboxylic acids is 1. The third kappa shape index (κ3) is 3.11. The standard InChI is InChI=1S/C14H17N5O3/c1-3-18(4-2)11(20)9-19-13(10-6-5-7-15-8-10)12(14(21)22)16-17-19/h5-8H,3-4,9H2,1-2H3,(H,21,22). The highest BCUT2D eigenvalue weighted by Gasteiger charge is 2.23. The highest BCUT2D eigenvalue weighted by Crippen LogP contribution is 2.21. The van der Waals surface area contributed by atoms with Crippen molar-refractivity contribution >= 4 is 11.9 Å². The van der Waals surface area contributed by atoms with Gasteiger partial charge in [-0.25, -0.2) is 9.48 Å². The van der Waals surface area contributed by atoms with E-state index in [4.69, 9.17) is 0 Å². The van der Waals surface area contributed by atoms with E-state index in [1.807, 2.05) is 13.8 Å². The topological polar surface area (TPSA) is 101 Å². The van der Waals surface area contributed by atoms with Gasteiger partial charge in [0.05, 0.1) is 0 Å². The van der Waals surface area contributed by atoms with Gasteiger partial charge in [0.2, 0.25) is 5.91 Å². The van der Waals surface area contributed by atoms with Gasteiger partial charge in [-0.15, -0.1) is 5.10 Å². The maximum absolute atomic E-state index is 12.2. The Hall–Kier alpha value is -2.77. The maximum atomic E-state index is 12.2. The Kier molecular flexibility index (Phi) is 4.82. The number of hydrogen-bond donors (Lipinski definition) is 1. The molecule has 0 unspecified atom stereocenters. The molecule has 0 radical (unpaired) electrons. The van der Waals surface area contributed by atoms with Crippen LogP contribution in [-0.4, -0.2) is 55.0 Å². The number of carboxylic acids is 1. The van der Waals surface area contributed by atoms with Gasteiger partial charge in [-0.1, -0.05) is 5.21 Å². The monoisotopic (exact) mass is 303 g/mol. The van der Waals surface area contributed by atoms with E-state index in [0.29, 0.717) is 18.7 Å². The molecule has 0 aliphatic heterocycles. The molecule has 0 saturated heterocycles. The van der Waals surface area contributed by atoms with Gasteiger partial charge < -0.3 is 10.0 Å². The molecule has 0 aromatic carbocycles. The Balaban J connectivity index is 2.41. The van der Waals surface area contributed by atoms with Gasteiger partial charge in [0.15, 0.2) is 5.69 Å². The first-order chi connectivity index (χ1) is 10.6. The van der Waals surface area contributed by atoms with Crippen LogP contribution in [0.3, 0.4) is 0 Å². The third-order valence-corrected chi connectivity index (χ3v) is 3.27. The van der Waals surface area contributed by atoms with Crippen LogP contribution in [0.2, 0.25) is 0 Å². The summed E-state index contributed by atoms with van der Waals surface area (Å²) in [6, 6.07) is 3.39. The van der Waals surface area contributed by atoms with Crippen LogP contribution in [0.25, 0.3) is 11.3 Å². The maximum Gasteiger partial charge on any atom is 0.358 e. The van der Waals surface area contributed by atoms with Gasteiger partial charge in [-0.2, -0.15) is 0 Å². The summed E-state index contributed by atoms with van der Waals surface area (Å²) in [5.41, 5.74) is 0.638. The quantitative estimate of drug-likeness (QED) is 0.851. The first-order valence-electron chi connectivity index (χ1n) is 6.93. The van der Waals surface area contributed by atoms with Crippen LogP contribution in [0.5, 0.6) is 0 Å². The van der Waals surface area contributed by atoms with Crippen LogP contribution in [0.4, 0.5) is 0 Å². The van der Waals surface area contributed by atoms with Gasteiger partial charge >= 0.3 is 5.97 Å². The first kappa shape index (κ1) is 15.6. The average Bonchev–Trinajstić information content (AvgIpc) is 2.93. The molecule has 22 heavy (non-hydrogen) atoms. The fourth-order valence-corrected chi connectivity index (χ4v) is 2.16. The molecule has 0 aliphatic carbocycles. The predicted octanol–water partition coefficient (Wildman–Crippen LogP) is 0.907. The van der Waals surface area contributed by atoms with E-state index in [9.17, 15) is 14.7 Å². The van der Waals surface area contributed by atoms with E-state index in [1.165, 1.54) is 10.9 Å². The Morgan fingerprint density at radius 1 is 1.32 bits per heavy atom. The minimum absolute atomic E-state index is 0.0633. The summed E-state index contributed by atoms with van der Waals surface area (Å²) >= 11 is 0. The summed E-state index contributed by atoms with van der Waals surface area (Å²) in [7, 11) is 0. The number of carbonyl (C=O) groups excluding carboxylic acids is 1. The zero-order valence-electron chi connectivity index (χ0n) is 12.4. The van der Waals surface area contributed by atoms with Gasteiger partial charge in [0.1, 0.15) is 12.2 Å². The average molecular weight is 303 g/mol. The largest absolute Gasteiger partial charge is 0.476 e. The van der Waals surface area contributed by atoms with Crippen molar-refractivity contribution in [2.45, 2.75) is 20.4 Å². The minimum Gasteiger partial charge on any atom is -0.476 e. The second kappa shape index (κ2) is 6.79. The SMILES string of the molecule is CCN(CC)C(=O)Cn1nnc(C(=O)O)c1-c1cccnc1. The summed E-state index contributed by atoms with van der Waals surface area (Å²) in [5.74, 6) is -1.34. The molecule has 8 heteroatoms. The van der Waals surface area contributed by atoms with Crippen molar-refractivity contribution in [1.29, 1.82) is 0 Å². The summed E-state index contributed by atoms with van der Waals surface area (Å²) in [5, 5.41) is 16.7. The molecule has 2 rings (SSSR count). The smallest absolute Gasteiger partial charge is 0.358 e. The molecule has 0 spiro atoms. The molecule has 0 saturated carbocycles. The van der Waals surface area contributed by atoms with E-state index in [2.05, 4.69) is 15.3 Å². The fraction of sp³-hybridized carbons (Fsp3) is 0.357. The van der Waals surface area contributed by atoms with Crippen molar-refractivity contribution in [1.82, 2.24) is 24.9 Å². The number of carboxylic acid groups (broad SMARTS) is 1. The zero-order chi connectivity index (χ0) is 16.1. The third-order valence-electron chi connectivity index (χ3n) is 3.27. The lowest BCUT2D eigenvalue weighted by molar-refractivity contribution is -0.131. The van der Waals surface area contributed by atoms with Crippen molar-refractivity contribution in [2.75, 3.05) is 13.1 Å². The van der Waals surface area contributed by atoms with E-state index in [1.54, 1.807) is 23.2 Å². The van der Waals surface area contributed by atoms with Gasteiger partial charge in [-0.3, -0.25) is 9.78 Å². The fourth-order valence-electron chi connectivity index (χ4n) is 2.16. The molecule has 2 aromatic heterocycles. The first-order valence-corrected chi connectivity index (χ1v) is 6.93. The van der Waals surface area contributed by atoms with Crippen molar-refractivity contribution in [3.8, 4) is 11.3 Å². The van der Waals surface area contributed by atoms with Crippen LogP contribution in [0.15, 0.2) is 24.5 Å². The Morgan fingerprint density at radius 2 is 2.05 bits per heavy atom. The lowest BCUT2D eigenvalue weighted by Gasteiger charge is -2.18. The molecule has 8 nitrogen and oxygen atoms in total. The van der Waals surface area contributed by atoms with Gasteiger partial charge in [0.25, 0.3) is 0 Å². The van der Waals surface area contributed by atoms with Crippen LogP contribution >= 0.6 is 0 Å². The lowest BCUT2D eigenvalue weighted by atomic mass is 10.1. The molecule has 0 aliphatic rings. The zero-order valence-corrected chi connectivity index (χ0v) is 12.4. The second-order valence-corrected chi connectivity index (χ2v) is 4.56. The van der Waals surface area contributed by atoms with Crippen LogP contribution < -0.4 is 0 Å². The summed E-state index contributed by atoms with van der Waals surface area (Å²) in [4.78, 5) is 29.1. The molecule has 0 bridgehead atoms. The molecular weight excluding hydrogens is 286 g/mol. The molecule has 116 valence electrons. The molecule has 2 heterocycles. The number of amides is 1. The van der Waals surface area contributed by atoms with Crippen LogP contribution in [-0.2, 0) is 11.3 Å². The van der Waals surface area contributed by atoms with E-state index >= 15 is 0 Å². The van der Waals surface area contributed by atoms with Gasteiger partial charge in [0, 0.05) is 31.0 Å². The van der Waals surface area contributed by atoms with Crippen molar-refractivity contribution in [3.63, 3.8) is 0 Å². The molecule has 1 N–H and O–H groups in total. The second-order valence-electron chi connectivity index (χ2n) is 4.56. The normalized spacial score (nSPS) is 10.5. The number of hydrogen-bond acceptors (Lipinski definition) is 5. The number of rotatable bonds is 6. The number of carbonyl (C=O) groups is 2. The van der Waals surface area contributed by atoms with Gasteiger partial charge in [-0.05, 0) is 26.0 Å². The lowest BCUT2D eigenvalue weighted by Crippen LogP contribution is -2.33. The number of nitrogens with zero attached hydrogens (tertiary/aromatic N) is 5. The van der Waals surface area contributed by atoms with Crippen LogP contribution in [0.1, 0.15) is 24.3 Å². The number of pyridine rings is 1. The van der Waals surface area contributed by atoms with Crippen molar-refractivity contribution < 1.29 is 14.7 Å². The summed E-state index contributed by atoms with van der Waals surface area (Å²) < 4.78 is 1.31. The van der Waals surface area contributed by atoms with Crippen molar-refractivity contribution in [3.05, 3.63) is 30.2 Å². The molecule has 1 amide bonds. The van der Waals surface area contributed by atoms with Crippen LogP contribution in [0, 0.1) is 0 Å². The predicted molar refractivity (Wildman–Crippen MR) is 78.1 cm³/mol. The molecular formula is C14H17N5O3. The molecule has 0 atom stereocenters. The van der Waals surface area contributed by atoms with E-state index in [0.717, 1.165) is 0 Å². The molecule has 2 aromatic rings. The van der Waals surface area contributed by atoms with E-state index in [-0.39, 0.29) is 23.8 Å². The summed E-state index contributed by atoms with van der Waals surface area (Å²) in [6.07, 6.45) is 3.10. The van der Waals surface area contributed by atoms with Crippen molar-refractivity contribution in [2.24, 2.45) is 0 Å². The summed E-state index contributed by atoms with van der Waals surface area (Å²) in [6.45, 7) is 4.86. The number of aromatic nitrogens is 4. The molecule has 0 fully saturated rings. The Bertz CT molecular complexity index is 664. The Labute approximate surface area is 127 Å². The Morgan fingerprint density at radius 3 is 2.59 bits per heavy atom. The highest BCUT2D eigenvalue weighted by molar-refractivity contribution is 5.92. The highest BCUT2D eigenvalue weighted by atomic mass is 16.4. The minimum atomic E-state index is -1.19. The van der Waals surface area contributed by atoms with E-state index < -0.39 is 5.97 Å².